The highest BCUT2D eigenvalue weighted by Crippen LogP contribution is 2.23. The number of benzene rings is 1. The van der Waals surface area contributed by atoms with Crippen LogP contribution in [0.5, 0.6) is 5.75 Å². The molecule has 0 atom stereocenters. The molecule has 0 aliphatic rings. The molecule has 0 N–H and O–H groups in total. The molecule has 22 heavy (non-hydrogen) atoms. The molecule has 0 aromatic heterocycles. The van der Waals surface area contributed by atoms with Crippen LogP contribution in [-0.4, -0.2) is 49.7 Å². The first kappa shape index (κ1) is 18.9. The molecule has 1 rings (SSSR count). The highest BCUT2D eigenvalue weighted by atomic mass is 32.2. The summed E-state index contributed by atoms with van der Waals surface area (Å²) in [5.41, 5.74) is 1.59. The summed E-state index contributed by atoms with van der Waals surface area (Å²) in [4.78, 5) is 0. The fourth-order valence-corrected chi connectivity index (χ4v) is 2.69. The van der Waals surface area contributed by atoms with Crippen molar-refractivity contribution in [3.05, 3.63) is 29.3 Å². The van der Waals surface area contributed by atoms with Crippen molar-refractivity contribution in [3.8, 4) is 5.75 Å². The van der Waals surface area contributed by atoms with Crippen LogP contribution in [0.2, 0.25) is 0 Å². The van der Waals surface area contributed by atoms with E-state index < -0.39 is 20.2 Å². The fraction of sp³-hybridized carbons (Fsp3) is 0.538. The van der Waals surface area contributed by atoms with Crippen molar-refractivity contribution >= 4 is 20.2 Å². The average Bonchev–Trinajstić information content (AvgIpc) is 2.37. The minimum absolute atomic E-state index is 0.00589. The van der Waals surface area contributed by atoms with E-state index in [1.165, 1.54) is 7.11 Å². The normalized spacial score (nSPS) is 12.3. The molecule has 126 valence electrons. The highest BCUT2D eigenvalue weighted by Gasteiger charge is 2.12. The van der Waals surface area contributed by atoms with Gasteiger partial charge in [0.15, 0.2) is 0 Å². The van der Waals surface area contributed by atoms with Crippen LogP contribution in [0.15, 0.2) is 18.2 Å². The number of hydrogen-bond donors (Lipinski definition) is 0. The Hall–Kier alpha value is -1.16. The van der Waals surface area contributed by atoms with Crippen molar-refractivity contribution < 1.29 is 29.9 Å². The lowest BCUT2D eigenvalue weighted by Crippen LogP contribution is -2.11. The average molecular weight is 352 g/mol. The first-order valence-electron chi connectivity index (χ1n) is 6.46. The van der Waals surface area contributed by atoms with Crippen LogP contribution < -0.4 is 4.74 Å². The maximum Gasteiger partial charge on any atom is 0.264 e. The lowest BCUT2D eigenvalue weighted by atomic mass is 10.0. The molecule has 9 heteroatoms. The van der Waals surface area contributed by atoms with E-state index in [9.17, 15) is 16.8 Å². The van der Waals surface area contributed by atoms with Gasteiger partial charge < -0.3 is 4.74 Å². The summed E-state index contributed by atoms with van der Waals surface area (Å²) in [5.74, 6) is 0.592. The molecule has 0 saturated carbocycles. The summed E-state index contributed by atoms with van der Waals surface area (Å²) in [6, 6.07) is 5.33. The van der Waals surface area contributed by atoms with E-state index >= 15 is 0 Å². The molecular formula is C13H20O7S2. The minimum atomic E-state index is -3.51. The molecule has 0 saturated heterocycles. The SMILES string of the molecule is COc1cccc(CCOS(C)(=O)=O)c1CCOS(C)(=O)=O. The van der Waals surface area contributed by atoms with Gasteiger partial charge in [0, 0.05) is 6.42 Å². The molecule has 0 heterocycles. The van der Waals surface area contributed by atoms with E-state index in [1.54, 1.807) is 12.1 Å². The van der Waals surface area contributed by atoms with Crippen LogP contribution in [0.3, 0.4) is 0 Å². The summed E-state index contributed by atoms with van der Waals surface area (Å²) >= 11 is 0. The number of ether oxygens (including phenoxy) is 1. The highest BCUT2D eigenvalue weighted by molar-refractivity contribution is 7.86. The summed E-state index contributed by atoms with van der Waals surface area (Å²) in [6.07, 6.45) is 2.65. The number of methoxy groups -OCH3 is 1. The summed E-state index contributed by atoms with van der Waals surface area (Å²) < 4.78 is 58.7. The Bertz CT molecular complexity index is 693. The second kappa shape index (κ2) is 7.91. The number of rotatable bonds is 9. The molecule has 0 bridgehead atoms. The first-order chi connectivity index (χ1) is 10.1. The molecule has 0 unspecified atom stereocenters. The van der Waals surface area contributed by atoms with Crippen LogP contribution >= 0.6 is 0 Å². The van der Waals surface area contributed by atoms with E-state index in [1.807, 2.05) is 6.07 Å². The summed E-state index contributed by atoms with van der Waals surface area (Å²) in [5, 5.41) is 0. The maximum atomic E-state index is 11.0. The Morgan fingerprint density at radius 2 is 1.45 bits per heavy atom. The Kier molecular flexibility index (Phi) is 6.79. The smallest absolute Gasteiger partial charge is 0.264 e. The van der Waals surface area contributed by atoms with Gasteiger partial charge in [0.05, 0.1) is 32.8 Å². The number of hydrogen-bond acceptors (Lipinski definition) is 7. The Morgan fingerprint density at radius 1 is 0.909 bits per heavy atom. The van der Waals surface area contributed by atoms with Crippen molar-refractivity contribution in [2.75, 3.05) is 32.8 Å². The minimum Gasteiger partial charge on any atom is -0.496 e. The van der Waals surface area contributed by atoms with Crippen molar-refractivity contribution in [2.45, 2.75) is 12.8 Å². The quantitative estimate of drug-likeness (QED) is 0.605. The maximum absolute atomic E-state index is 11.0. The third kappa shape index (κ3) is 7.21. The first-order valence-corrected chi connectivity index (χ1v) is 10.1. The topological polar surface area (TPSA) is 96.0 Å². The standard InChI is InChI=1S/C13H20O7S2/c1-18-13-6-4-5-11(7-9-19-21(2,14)15)12(13)8-10-20-22(3,16)17/h4-6H,7-10H2,1-3H3. The van der Waals surface area contributed by atoms with Gasteiger partial charge in [-0.05, 0) is 23.6 Å². The molecule has 0 fully saturated rings. The molecule has 0 aliphatic heterocycles. The lowest BCUT2D eigenvalue weighted by Gasteiger charge is -2.13. The van der Waals surface area contributed by atoms with Crippen molar-refractivity contribution in [3.63, 3.8) is 0 Å². The zero-order valence-corrected chi connectivity index (χ0v) is 14.4. The van der Waals surface area contributed by atoms with Crippen molar-refractivity contribution in [1.82, 2.24) is 0 Å². The Morgan fingerprint density at radius 3 is 1.95 bits per heavy atom. The van der Waals surface area contributed by atoms with Gasteiger partial charge in [0.2, 0.25) is 0 Å². The molecular weight excluding hydrogens is 332 g/mol. The molecule has 1 aromatic rings. The van der Waals surface area contributed by atoms with E-state index in [2.05, 4.69) is 0 Å². The van der Waals surface area contributed by atoms with E-state index in [4.69, 9.17) is 13.1 Å². The Labute approximate surface area is 131 Å². The monoisotopic (exact) mass is 352 g/mol. The van der Waals surface area contributed by atoms with Gasteiger partial charge in [0.25, 0.3) is 20.2 Å². The van der Waals surface area contributed by atoms with Gasteiger partial charge in [0.1, 0.15) is 5.75 Å². The summed E-state index contributed by atoms with van der Waals surface area (Å²) in [7, 11) is -5.50. The van der Waals surface area contributed by atoms with Crippen LogP contribution in [0.4, 0.5) is 0 Å². The van der Waals surface area contributed by atoms with E-state index in [-0.39, 0.29) is 13.2 Å². The lowest BCUT2D eigenvalue weighted by molar-refractivity contribution is 0.316. The second-order valence-corrected chi connectivity index (χ2v) is 7.94. The molecule has 7 nitrogen and oxygen atoms in total. The molecule has 0 spiro atoms. The van der Waals surface area contributed by atoms with Crippen LogP contribution in [0.1, 0.15) is 11.1 Å². The Balaban J connectivity index is 2.83. The van der Waals surface area contributed by atoms with Crippen LogP contribution in [-0.2, 0) is 41.4 Å². The third-order valence-corrected chi connectivity index (χ3v) is 3.96. The van der Waals surface area contributed by atoms with Gasteiger partial charge in [-0.2, -0.15) is 16.8 Å². The zero-order chi connectivity index (χ0) is 16.8. The summed E-state index contributed by atoms with van der Waals surface area (Å²) in [6.45, 7) is -0.00885. The fourth-order valence-electron chi connectivity index (χ4n) is 1.92. The molecule has 0 aliphatic carbocycles. The largest absolute Gasteiger partial charge is 0.496 e. The second-order valence-electron chi connectivity index (χ2n) is 4.65. The van der Waals surface area contributed by atoms with Gasteiger partial charge in [-0.3, -0.25) is 8.37 Å². The van der Waals surface area contributed by atoms with E-state index in [0.717, 1.165) is 23.6 Å². The van der Waals surface area contributed by atoms with Crippen LogP contribution in [0.25, 0.3) is 0 Å². The van der Waals surface area contributed by atoms with Crippen LogP contribution in [0, 0.1) is 0 Å². The predicted molar refractivity (Wildman–Crippen MR) is 82.0 cm³/mol. The van der Waals surface area contributed by atoms with E-state index in [0.29, 0.717) is 18.6 Å². The molecule has 1 aromatic carbocycles. The van der Waals surface area contributed by atoms with Crippen molar-refractivity contribution in [2.24, 2.45) is 0 Å². The van der Waals surface area contributed by atoms with Crippen molar-refractivity contribution in [1.29, 1.82) is 0 Å². The zero-order valence-electron chi connectivity index (χ0n) is 12.7. The molecule has 0 radical (unpaired) electrons. The van der Waals surface area contributed by atoms with Gasteiger partial charge in [-0.25, -0.2) is 0 Å². The predicted octanol–water partition coefficient (Wildman–Crippen LogP) is 0.733. The third-order valence-electron chi connectivity index (χ3n) is 2.77. The van der Waals surface area contributed by atoms with Gasteiger partial charge in [-0.15, -0.1) is 0 Å². The molecule has 0 amide bonds. The van der Waals surface area contributed by atoms with Gasteiger partial charge >= 0.3 is 0 Å². The van der Waals surface area contributed by atoms with Gasteiger partial charge in [-0.1, -0.05) is 12.1 Å².